The van der Waals surface area contributed by atoms with Gasteiger partial charge in [0.15, 0.2) is 5.79 Å². The third-order valence-electron chi connectivity index (χ3n) is 2.86. The summed E-state index contributed by atoms with van der Waals surface area (Å²) in [6.07, 6.45) is 2.28. The molecular formula is C10H15IO3. The maximum absolute atomic E-state index is 10.4. The van der Waals surface area contributed by atoms with Gasteiger partial charge in [0.2, 0.25) is 0 Å². The van der Waals surface area contributed by atoms with Crippen LogP contribution < -0.4 is 0 Å². The highest BCUT2D eigenvalue weighted by Crippen LogP contribution is 2.46. The number of hydrogen-bond acceptors (Lipinski definition) is 3. The maximum Gasteiger partial charge on any atom is 0.164 e. The lowest BCUT2D eigenvalue weighted by atomic mass is 9.97. The summed E-state index contributed by atoms with van der Waals surface area (Å²) in [6.45, 7) is 5.72. The van der Waals surface area contributed by atoms with Gasteiger partial charge in [0.05, 0.1) is 0 Å². The molecule has 0 bridgehead atoms. The van der Waals surface area contributed by atoms with Crippen LogP contribution in [0.4, 0.5) is 0 Å². The second-order valence-corrected chi connectivity index (χ2v) is 5.48. The molecule has 1 fully saturated rings. The lowest BCUT2D eigenvalue weighted by Gasteiger charge is -2.29. The van der Waals surface area contributed by atoms with E-state index in [2.05, 4.69) is 22.6 Å². The second kappa shape index (κ2) is 3.17. The number of hydrogen-bond donors (Lipinski definition) is 1. The van der Waals surface area contributed by atoms with Gasteiger partial charge in [-0.3, -0.25) is 0 Å². The second-order valence-electron chi connectivity index (χ2n) is 4.31. The van der Waals surface area contributed by atoms with E-state index in [0.717, 1.165) is 3.58 Å². The zero-order valence-corrected chi connectivity index (χ0v) is 10.7. The minimum atomic E-state index is -0.848. The number of halogens is 1. The fourth-order valence-electron chi connectivity index (χ4n) is 2.08. The first-order valence-electron chi connectivity index (χ1n) is 4.85. The predicted molar refractivity (Wildman–Crippen MR) is 61.2 cm³/mol. The summed E-state index contributed by atoms with van der Waals surface area (Å²) in [7, 11) is 0. The molecule has 14 heavy (non-hydrogen) atoms. The summed E-state index contributed by atoms with van der Waals surface area (Å²) >= 11 is 2.16. The molecule has 1 N–H and O–H groups in total. The van der Waals surface area contributed by atoms with Crippen LogP contribution >= 0.6 is 22.6 Å². The normalized spacial score (nSPS) is 45.1. The van der Waals surface area contributed by atoms with Crippen molar-refractivity contribution in [2.75, 3.05) is 0 Å². The summed E-state index contributed by atoms with van der Waals surface area (Å²) in [5.74, 6) is -0.577. The molecule has 1 aliphatic carbocycles. The zero-order valence-electron chi connectivity index (χ0n) is 8.58. The molecule has 2 rings (SSSR count). The van der Waals surface area contributed by atoms with Crippen LogP contribution in [0.1, 0.15) is 27.2 Å². The Morgan fingerprint density at radius 3 is 2.71 bits per heavy atom. The van der Waals surface area contributed by atoms with E-state index in [9.17, 15) is 5.11 Å². The molecule has 0 unspecified atom stereocenters. The van der Waals surface area contributed by atoms with Crippen LogP contribution in [0.5, 0.6) is 0 Å². The molecule has 2 aliphatic rings. The smallest absolute Gasteiger partial charge is 0.164 e. The average molecular weight is 310 g/mol. The molecule has 0 aromatic carbocycles. The first-order chi connectivity index (χ1) is 6.39. The summed E-state index contributed by atoms with van der Waals surface area (Å²) in [5.41, 5.74) is -0.848. The topological polar surface area (TPSA) is 38.7 Å². The first-order valence-corrected chi connectivity index (χ1v) is 5.93. The van der Waals surface area contributed by atoms with E-state index in [1.54, 1.807) is 0 Å². The van der Waals surface area contributed by atoms with E-state index in [0.29, 0.717) is 6.42 Å². The minimum absolute atomic E-state index is 0.0955. The Kier molecular flexibility index (Phi) is 2.46. The van der Waals surface area contributed by atoms with Crippen molar-refractivity contribution >= 4 is 22.6 Å². The van der Waals surface area contributed by atoms with E-state index in [1.165, 1.54) is 0 Å². The largest absolute Gasteiger partial charge is 0.382 e. The van der Waals surface area contributed by atoms with Gasteiger partial charge in [0.25, 0.3) is 0 Å². The molecule has 0 aromatic rings. The Morgan fingerprint density at radius 2 is 2.14 bits per heavy atom. The number of ether oxygens (including phenoxy) is 2. The molecule has 1 aliphatic heterocycles. The average Bonchev–Trinajstić information content (AvgIpc) is 2.48. The number of fused-ring (bicyclic) bond motifs is 1. The quantitative estimate of drug-likeness (QED) is 0.753. The summed E-state index contributed by atoms with van der Waals surface area (Å²) in [6, 6.07) is 0. The predicted octanol–water partition coefficient (Wildman–Crippen LogP) is 1.98. The van der Waals surface area contributed by atoms with Crippen molar-refractivity contribution in [3.05, 3.63) is 9.66 Å². The highest BCUT2D eigenvalue weighted by Gasteiger charge is 2.56. The van der Waals surface area contributed by atoms with Crippen molar-refractivity contribution in [2.24, 2.45) is 0 Å². The third kappa shape index (κ3) is 1.43. The molecule has 0 aromatic heterocycles. The van der Waals surface area contributed by atoms with Crippen LogP contribution in [0, 0.1) is 0 Å². The molecule has 80 valence electrons. The first kappa shape index (κ1) is 10.9. The summed E-state index contributed by atoms with van der Waals surface area (Å²) in [5, 5.41) is 10.4. The van der Waals surface area contributed by atoms with Gasteiger partial charge < -0.3 is 14.6 Å². The molecule has 0 radical (unpaired) electrons. The van der Waals surface area contributed by atoms with E-state index < -0.39 is 11.4 Å². The van der Waals surface area contributed by atoms with Crippen molar-refractivity contribution < 1.29 is 14.6 Å². The Labute approximate surface area is 97.6 Å². The Balaban J connectivity index is 2.29. The minimum Gasteiger partial charge on any atom is -0.382 e. The molecule has 0 amide bonds. The van der Waals surface area contributed by atoms with Crippen molar-refractivity contribution in [3.8, 4) is 0 Å². The van der Waals surface area contributed by atoms with E-state index in [4.69, 9.17) is 9.47 Å². The van der Waals surface area contributed by atoms with Crippen molar-refractivity contribution in [3.63, 3.8) is 0 Å². The third-order valence-corrected chi connectivity index (χ3v) is 4.16. The van der Waals surface area contributed by atoms with Crippen LogP contribution in [0.25, 0.3) is 0 Å². The Hall–Kier alpha value is 0.350. The van der Waals surface area contributed by atoms with E-state index in [-0.39, 0.29) is 12.2 Å². The molecule has 3 nitrogen and oxygen atoms in total. The summed E-state index contributed by atoms with van der Waals surface area (Å²) in [4.78, 5) is 0. The molecular weight excluding hydrogens is 295 g/mol. The van der Waals surface area contributed by atoms with Crippen molar-refractivity contribution in [1.29, 1.82) is 0 Å². The molecule has 3 atom stereocenters. The summed E-state index contributed by atoms with van der Waals surface area (Å²) < 4.78 is 12.3. The zero-order chi connectivity index (χ0) is 10.6. The monoisotopic (exact) mass is 310 g/mol. The molecule has 1 heterocycles. The van der Waals surface area contributed by atoms with Crippen LogP contribution in [0.2, 0.25) is 0 Å². The van der Waals surface area contributed by atoms with Crippen LogP contribution in [0.15, 0.2) is 9.66 Å². The molecule has 0 saturated carbocycles. The SMILES string of the molecule is CC[C@]1(O)C(I)=C[C@@H]2OC(C)(C)O[C@@H]21. The van der Waals surface area contributed by atoms with Crippen LogP contribution in [-0.4, -0.2) is 28.7 Å². The number of rotatable bonds is 1. The number of aliphatic hydroxyl groups is 1. The van der Waals surface area contributed by atoms with Crippen molar-refractivity contribution in [1.82, 2.24) is 0 Å². The van der Waals surface area contributed by atoms with Gasteiger partial charge in [-0.25, -0.2) is 0 Å². The lowest BCUT2D eigenvalue weighted by molar-refractivity contribution is -0.165. The van der Waals surface area contributed by atoms with Gasteiger partial charge in [0, 0.05) is 3.58 Å². The highest BCUT2D eigenvalue weighted by molar-refractivity contribution is 14.1. The standard InChI is InChI=1S/C10H15IO3/c1-4-10(12)7(11)5-6-8(10)14-9(2,3)13-6/h5-6,8,12H,4H2,1-3H3/t6-,8-,10-/m0/s1. The van der Waals surface area contributed by atoms with E-state index >= 15 is 0 Å². The van der Waals surface area contributed by atoms with Gasteiger partial charge in [0.1, 0.15) is 17.8 Å². The fraction of sp³-hybridized carbons (Fsp3) is 0.800. The van der Waals surface area contributed by atoms with Crippen LogP contribution in [0.3, 0.4) is 0 Å². The molecule has 4 heteroatoms. The molecule has 0 spiro atoms. The van der Waals surface area contributed by atoms with Gasteiger partial charge in [-0.1, -0.05) is 6.92 Å². The van der Waals surface area contributed by atoms with E-state index in [1.807, 2.05) is 26.8 Å². The fourth-order valence-corrected chi connectivity index (χ4v) is 3.12. The molecule has 1 saturated heterocycles. The van der Waals surface area contributed by atoms with Crippen molar-refractivity contribution in [2.45, 2.75) is 50.8 Å². The lowest BCUT2D eigenvalue weighted by Crippen LogP contribution is -2.43. The Bertz CT molecular complexity index is 287. The van der Waals surface area contributed by atoms with Gasteiger partial charge >= 0.3 is 0 Å². The Morgan fingerprint density at radius 1 is 1.50 bits per heavy atom. The van der Waals surface area contributed by atoms with Gasteiger partial charge in [-0.2, -0.15) is 0 Å². The van der Waals surface area contributed by atoms with Gasteiger partial charge in [-0.05, 0) is 48.9 Å². The van der Waals surface area contributed by atoms with Crippen LogP contribution in [-0.2, 0) is 9.47 Å². The maximum atomic E-state index is 10.4. The van der Waals surface area contributed by atoms with Gasteiger partial charge in [-0.15, -0.1) is 0 Å². The highest BCUT2D eigenvalue weighted by atomic mass is 127.